The van der Waals surface area contributed by atoms with Crippen molar-refractivity contribution < 1.29 is 13.2 Å². The van der Waals surface area contributed by atoms with Gasteiger partial charge in [-0.3, -0.25) is 4.79 Å². The molecule has 0 spiro atoms. The van der Waals surface area contributed by atoms with Crippen molar-refractivity contribution in [2.75, 3.05) is 18.8 Å². The van der Waals surface area contributed by atoms with Crippen LogP contribution < -0.4 is 5.73 Å². The van der Waals surface area contributed by atoms with Crippen LogP contribution in [0.4, 0.5) is 0 Å². The van der Waals surface area contributed by atoms with Crippen molar-refractivity contribution in [3.63, 3.8) is 0 Å². The topological polar surface area (TPSA) is 80.5 Å². The number of nitrogens with two attached hydrogens (primary N) is 1. The third kappa shape index (κ3) is 3.45. The zero-order chi connectivity index (χ0) is 13.4. The van der Waals surface area contributed by atoms with E-state index in [1.54, 1.807) is 4.31 Å². The van der Waals surface area contributed by atoms with Gasteiger partial charge in [0.25, 0.3) is 0 Å². The maximum absolute atomic E-state index is 12.2. The van der Waals surface area contributed by atoms with Crippen molar-refractivity contribution in [2.45, 2.75) is 39.0 Å². The molecule has 0 aromatic rings. The van der Waals surface area contributed by atoms with Gasteiger partial charge in [0.05, 0.1) is 5.75 Å². The summed E-state index contributed by atoms with van der Waals surface area (Å²) in [5, 5.41) is 0. The van der Waals surface area contributed by atoms with E-state index in [-0.39, 0.29) is 23.0 Å². The molecule has 104 valence electrons. The first kappa shape index (κ1) is 13.8. The predicted molar refractivity (Wildman–Crippen MR) is 69.2 cm³/mol. The molecule has 1 aliphatic carbocycles. The second-order valence-electron chi connectivity index (χ2n) is 6.08. The van der Waals surface area contributed by atoms with Gasteiger partial charge in [-0.15, -0.1) is 0 Å². The van der Waals surface area contributed by atoms with Gasteiger partial charge in [0, 0.05) is 19.5 Å². The maximum Gasteiger partial charge on any atom is 0.217 e. The summed E-state index contributed by atoms with van der Waals surface area (Å²) in [5.74, 6) is 0.243. The SMILES string of the molecule is CC1(CS(=O)(=O)N2CCC(CC(N)=O)CC2)CC1. The Morgan fingerprint density at radius 3 is 2.33 bits per heavy atom. The predicted octanol–water partition coefficient (Wildman–Crippen LogP) is 0.704. The smallest absolute Gasteiger partial charge is 0.217 e. The first-order chi connectivity index (χ1) is 8.31. The quantitative estimate of drug-likeness (QED) is 0.801. The summed E-state index contributed by atoms with van der Waals surface area (Å²) in [6.07, 6.45) is 3.91. The molecule has 1 aliphatic heterocycles. The average molecular weight is 274 g/mol. The summed E-state index contributed by atoms with van der Waals surface area (Å²) in [6.45, 7) is 3.11. The van der Waals surface area contributed by atoms with Crippen LogP contribution in [0.1, 0.15) is 39.0 Å². The lowest BCUT2D eigenvalue weighted by Gasteiger charge is -2.31. The van der Waals surface area contributed by atoms with E-state index in [2.05, 4.69) is 0 Å². The van der Waals surface area contributed by atoms with E-state index in [0.717, 1.165) is 25.7 Å². The van der Waals surface area contributed by atoms with Crippen LogP contribution in [0.15, 0.2) is 0 Å². The first-order valence-corrected chi connectivity index (χ1v) is 8.18. The van der Waals surface area contributed by atoms with Crippen molar-refractivity contribution in [2.24, 2.45) is 17.1 Å². The number of primary amides is 1. The van der Waals surface area contributed by atoms with E-state index in [9.17, 15) is 13.2 Å². The lowest BCUT2D eigenvalue weighted by Crippen LogP contribution is -2.41. The van der Waals surface area contributed by atoms with Gasteiger partial charge >= 0.3 is 0 Å². The van der Waals surface area contributed by atoms with Crippen LogP contribution in [-0.2, 0) is 14.8 Å². The van der Waals surface area contributed by atoms with Gasteiger partial charge in [0.15, 0.2) is 0 Å². The first-order valence-electron chi connectivity index (χ1n) is 6.57. The van der Waals surface area contributed by atoms with Gasteiger partial charge in [-0.25, -0.2) is 12.7 Å². The number of amides is 1. The van der Waals surface area contributed by atoms with Crippen molar-refractivity contribution in [3.8, 4) is 0 Å². The lowest BCUT2D eigenvalue weighted by molar-refractivity contribution is -0.119. The van der Waals surface area contributed by atoms with Crippen LogP contribution in [0.25, 0.3) is 0 Å². The van der Waals surface area contributed by atoms with Gasteiger partial charge in [-0.1, -0.05) is 6.92 Å². The minimum absolute atomic E-state index is 0.0168. The second-order valence-corrected chi connectivity index (χ2v) is 8.05. The fourth-order valence-corrected chi connectivity index (χ4v) is 4.68. The molecule has 0 aromatic carbocycles. The molecule has 1 saturated heterocycles. The molecule has 6 heteroatoms. The molecule has 0 unspecified atom stereocenters. The number of carbonyl (C=O) groups is 1. The molecule has 18 heavy (non-hydrogen) atoms. The highest BCUT2D eigenvalue weighted by molar-refractivity contribution is 7.89. The second kappa shape index (κ2) is 4.81. The zero-order valence-electron chi connectivity index (χ0n) is 10.9. The van der Waals surface area contributed by atoms with Crippen LogP contribution in [0.5, 0.6) is 0 Å². The van der Waals surface area contributed by atoms with E-state index in [0.29, 0.717) is 19.5 Å². The molecule has 0 bridgehead atoms. The Morgan fingerprint density at radius 1 is 1.33 bits per heavy atom. The Balaban J connectivity index is 1.87. The van der Waals surface area contributed by atoms with E-state index < -0.39 is 10.0 Å². The Kier molecular flexibility index (Phi) is 3.69. The Labute approximate surface area is 109 Å². The van der Waals surface area contributed by atoms with E-state index >= 15 is 0 Å². The summed E-state index contributed by atoms with van der Waals surface area (Å²) >= 11 is 0. The third-order valence-corrected chi connectivity index (χ3v) is 6.30. The number of hydrogen-bond donors (Lipinski definition) is 1. The highest BCUT2D eigenvalue weighted by Gasteiger charge is 2.43. The molecule has 5 nitrogen and oxygen atoms in total. The maximum atomic E-state index is 12.2. The van der Waals surface area contributed by atoms with Gasteiger partial charge < -0.3 is 5.73 Å². The molecule has 1 saturated carbocycles. The summed E-state index contributed by atoms with van der Waals surface area (Å²) < 4.78 is 26.0. The molecule has 0 radical (unpaired) electrons. The number of sulfonamides is 1. The normalized spacial score (nSPS) is 24.9. The molecule has 2 aliphatic rings. The lowest BCUT2D eigenvalue weighted by atomic mass is 9.94. The van der Waals surface area contributed by atoms with Crippen molar-refractivity contribution in [3.05, 3.63) is 0 Å². The van der Waals surface area contributed by atoms with Crippen LogP contribution in [0.3, 0.4) is 0 Å². The molecule has 2 rings (SSSR count). The highest BCUT2D eigenvalue weighted by Crippen LogP contribution is 2.46. The van der Waals surface area contributed by atoms with Crippen LogP contribution in [-0.4, -0.2) is 37.5 Å². The number of nitrogens with zero attached hydrogens (tertiary/aromatic N) is 1. The fourth-order valence-electron chi connectivity index (χ4n) is 2.57. The van der Waals surface area contributed by atoms with E-state index in [1.807, 2.05) is 6.92 Å². The fraction of sp³-hybridized carbons (Fsp3) is 0.917. The molecule has 0 atom stereocenters. The molecule has 2 fully saturated rings. The highest BCUT2D eigenvalue weighted by atomic mass is 32.2. The van der Waals surface area contributed by atoms with Crippen LogP contribution in [0, 0.1) is 11.3 Å². The summed E-state index contributed by atoms with van der Waals surface area (Å²) in [6, 6.07) is 0. The molecular weight excluding hydrogens is 252 g/mol. The third-order valence-electron chi connectivity index (χ3n) is 4.09. The molecule has 1 heterocycles. The largest absolute Gasteiger partial charge is 0.370 e. The Morgan fingerprint density at radius 2 is 1.89 bits per heavy atom. The number of piperidine rings is 1. The summed E-state index contributed by atoms with van der Waals surface area (Å²) in [4.78, 5) is 10.8. The Bertz CT molecular complexity index is 421. The number of hydrogen-bond acceptors (Lipinski definition) is 3. The van der Waals surface area contributed by atoms with Gasteiger partial charge in [-0.2, -0.15) is 0 Å². The molecular formula is C12H22N2O3S. The van der Waals surface area contributed by atoms with Crippen molar-refractivity contribution in [1.82, 2.24) is 4.31 Å². The number of rotatable bonds is 5. The number of carbonyl (C=O) groups excluding carboxylic acids is 1. The minimum Gasteiger partial charge on any atom is -0.370 e. The summed E-state index contributed by atoms with van der Waals surface area (Å²) in [5.41, 5.74) is 5.18. The minimum atomic E-state index is -3.11. The summed E-state index contributed by atoms with van der Waals surface area (Å²) in [7, 11) is -3.11. The molecule has 0 aromatic heterocycles. The Hall–Kier alpha value is -0.620. The monoisotopic (exact) mass is 274 g/mol. The molecule has 2 N–H and O–H groups in total. The van der Waals surface area contributed by atoms with E-state index in [4.69, 9.17) is 5.73 Å². The van der Waals surface area contributed by atoms with Gasteiger partial charge in [-0.05, 0) is 37.0 Å². The van der Waals surface area contributed by atoms with Gasteiger partial charge in [0.2, 0.25) is 15.9 Å². The zero-order valence-corrected chi connectivity index (χ0v) is 11.7. The van der Waals surface area contributed by atoms with E-state index in [1.165, 1.54) is 0 Å². The van der Waals surface area contributed by atoms with Crippen molar-refractivity contribution in [1.29, 1.82) is 0 Å². The molecule has 1 amide bonds. The van der Waals surface area contributed by atoms with Crippen LogP contribution >= 0.6 is 0 Å². The van der Waals surface area contributed by atoms with Crippen molar-refractivity contribution >= 4 is 15.9 Å². The standard InChI is InChI=1S/C12H22N2O3S/c1-12(4-5-12)9-18(16,17)14-6-2-10(3-7-14)8-11(13)15/h10H,2-9H2,1H3,(H2,13,15). The van der Waals surface area contributed by atoms with Gasteiger partial charge in [0.1, 0.15) is 0 Å². The van der Waals surface area contributed by atoms with Crippen LogP contribution in [0.2, 0.25) is 0 Å². The average Bonchev–Trinajstić information content (AvgIpc) is 2.94.